The minimum absolute atomic E-state index is 0.224. The lowest BCUT2D eigenvalue weighted by Gasteiger charge is -2.38. The van der Waals surface area contributed by atoms with Crippen LogP contribution in [0.3, 0.4) is 0 Å². The fourth-order valence-corrected chi connectivity index (χ4v) is 4.46. The molecular formula is C22H35N3O. The smallest absolute Gasteiger partial charge is 0.223 e. The van der Waals surface area contributed by atoms with E-state index in [1.807, 2.05) is 6.07 Å². The van der Waals surface area contributed by atoms with E-state index in [2.05, 4.69) is 46.4 Å². The Labute approximate surface area is 158 Å². The quantitative estimate of drug-likeness (QED) is 0.756. The maximum atomic E-state index is 12.5. The average molecular weight is 358 g/mol. The molecule has 3 rings (SSSR count). The van der Waals surface area contributed by atoms with E-state index < -0.39 is 0 Å². The van der Waals surface area contributed by atoms with Gasteiger partial charge >= 0.3 is 0 Å². The molecule has 1 N–H and O–H groups in total. The van der Waals surface area contributed by atoms with Crippen molar-refractivity contribution < 1.29 is 4.79 Å². The van der Waals surface area contributed by atoms with Gasteiger partial charge in [-0.15, -0.1) is 0 Å². The number of carbonyl (C=O) groups excluding carboxylic acids is 1. The molecule has 0 spiro atoms. The number of nitrogens with one attached hydrogen (secondary N) is 1. The van der Waals surface area contributed by atoms with Crippen molar-refractivity contribution in [2.24, 2.45) is 5.92 Å². The summed E-state index contributed by atoms with van der Waals surface area (Å²) < 4.78 is 0. The van der Waals surface area contributed by atoms with Crippen molar-refractivity contribution in [2.45, 2.75) is 57.4 Å². The number of amides is 1. The molecule has 0 bridgehead atoms. The van der Waals surface area contributed by atoms with E-state index in [1.54, 1.807) is 0 Å². The summed E-state index contributed by atoms with van der Waals surface area (Å²) in [7, 11) is 2.11. The van der Waals surface area contributed by atoms with Gasteiger partial charge in [-0.2, -0.15) is 0 Å². The van der Waals surface area contributed by atoms with Gasteiger partial charge in [0.15, 0.2) is 0 Å². The Balaban J connectivity index is 1.30. The van der Waals surface area contributed by atoms with Gasteiger partial charge in [0.2, 0.25) is 5.91 Å². The molecule has 1 heterocycles. The molecule has 2 aliphatic rings. The molecule has 1 aliphatic carbocycles. The Morgan fingerprint density at radius 3 is 2.46 bits per heavy atom. The van der Waals surface area contributed by atoms with Crippen LogP contribution < -0.4 is 10.2 Å². The van der Waals surface area contributed by atoms with Crippen molar-refractivity contribution in [3.63, 3.8) is 0 Å². The Kier molecular flexibility index (Phi) is 7.36. The van der Waals surface area contributed by atoms with Gasteiger partial charge in [0, 0.05) is 37.8 Å². The zero-order valence-electron chi connectivity index (χ0n) is 16.3. The Morgan fingerprint density at radius 1 is 1.08 bits per heavy atom. The second-order valence-electron chi connectivity index (χ2n) is 8.00. The molecule has 1 aliphatic heterocycles. The number of nitrogens with zero attached hydrogens (tertiary/aromatic N) is 2. The number of anilines is 1. The molecule has 1 amide bonds. The molecule has 4 nitrogen and oxygen atoms in total. The molecule has 0 radical (unpaired) electrons. The molecule has 1 saturated carbocycles. The van der Waals surface area contributed by atoms with Crippen LogP contribution in [0.1, 0.15) is 51.4 Å². The summed E-state index contributed by atoms with van der Waals surface area (Å²) in [5.74, 6) is 0.498. The van der Waals surface area contributed by atoms with Crippen molar-refractivity contribution in [3.8, 4) is 0 Å². The number of carbonyl (C=O) groups is 1. The summed E-state index contributed by atoms with van der Waals surface area (Å²) in [6.45, 7) is 3.96. The SMILES string of the molecule is CN(CCCNC(=O)C1CCN(C2CCCCC2)CC1)c1ccccc1. The maximum Gasteiger partial charge on any atom is 0.223 e. The number of hydrogen-bond acceptors (Lipinski definition) is 3. The first-order chi connectivity index (χ1) is 12.7. The Bertz CT molecular complexity index is 534. The standard InChI is InChI=1S/C22H35N3O/c1-24(20-9-4-2-5-10-20)16-8-15-23-22(26)19-13-17-25(18-14-19)21-11-6-3-7-12-21/h2,4-5,9-10,19,21H,3,6-8,11-18H2,1H3,(H,23,26). The van der Waals surface area contributed by atoms with Crippen LogP contribution in [-0.4, -0.2) is 50.1 Å². The first-order valence-corrected chi connectivity index (χ1v) is 10.5. The zero-order valence-corrected chi connectivity index (χ0v) is 16.3. The third-order valence-corrected chi connectivity index (χ3v) is 6.16. The van der Waals surface area contributed by atoms with Crippen molar-refractivity contribution in [3.05, 3.63) is 30.3 Å². The molecule has 1 saturated heterocycles. The highest BCUT2D eigenvalue weighted by atomic mass is 16.1. The summed E-state index contributed by atoms with van der Waals surface area (Å²) in [5, 5.41) is 3.17. The molecular weight excluding hydrogens is 322 g/mol. The molecule has 0 atom stereocenters. The molecule has 2 fully saturated rings. The van der Waals surface area contributed by atoms with E-state index in [0.717, 1.165) is 51.5 Å². The minimum Gasteiger partial charge on any atom is -0.375 e. The lowest BCUT2D eigenvalue weighted by molar-refractivity contribution is -0.126. The Morgan fingerprint density at radius 2 is 1.77 bits per heavy atom. The molecule has 144 valence electrons. The predicted octanol–water partition coefficient (Wildman–Crippen LogP) is 3.67. The predicted molar refractivity (Wildman–Crippen MR) is 109 cm³/mol. The van der Waals surface area contributed by atoms with Crippen LogP contribution in [0, 0.1) is 5.92 Å². The molecule has 0 aromatic heterocycles. The van der Waals surface area contributed by atoms with Crippen LogP contribution in [0.5, 0.6) is 0 Å². The summed E-state index contributed by atoms with van der Waals surface area (Å²) in [6.07, 6.45) is 9.98. The van der Waals surface area contributed by atoms with E-state index >= 15 is 0 Å². The van der Waals surface area contributed by atoms with Gasteiger partial charge in [-0.1, -0.05) is 37.5 Å². The largest absolute Gasteiger partial charge is 0.375 e. The monoisotopic (exact) mass is 357 g/mol. The summed E-state index contributed by atoms with van der Waals surface area (Å²) in [6, 6.07) is 11.2. The van der Waals surface area contributed by atoms with Crippen LogP contribution in [0.4, 0.5) is 5.69 Å². The van der Waals surface area contributed by atoms with Crippen molar-refractivity contribution in [1.82, 2.24) is 10.2 Å². The minimum atomic E-state index is 0.224. The first-order valence-electron chi connectivity index (χ1n) is 10.5. The average Bonchev–Trinajstić information content (AvgIpc) is 2.72. The highest BCUT2D eigenvalue weighted by molar-refractivity contribution is 5.78. The van der Waals surface area contributed by atoms with E-state index in [4.69, 9.17) is 0 Å². The highest BCUT2D eigenvalue weighted by Gasteiger charge is 2.29. The van der Waals surface area contributed by atoms with Crippen molar-refractivity contribution in [2.75, 3.05) is 38.1 Å². The van der Waals surface area contributed by atoms with E-state index in [-0.39, 0.29) is 11.8 Å². The number of likely N-dealkylation sites (tertiary alicyclic amines) is 1. The molecule has 4 heteroatoms. The van der Waals surface area contributed by atoms with Gasteiger partial charge < -0.3 is 15.1 Å². The molecule has 1 aromatic rings. The lowest BCUT2D eigenvalue weighted by Crippen LogP contribution is -2.45. The highest BCUT2D eigenvalue weighted by Crippen LogP contribution is 2.27. The van der Waals surface area contributed by atoms with Gasteiger partial charge in [-0.3, -0.25) is 4.79 Å². The van der Waals surface area contributed by atoms with Crippen LogP contribution in [0.15, 0.2) is 30.3 Å². The number of para-hydroxylation sites is 1. The molecule has 1 aromatic carbocycles. The number of benzene rings is 1. The molecule has 0 unspecified atom stereocenters. The fourth-order valence-electron chi connectivity index (χ4n) is 4.46. The summed E-state index contributed by atoms with van der Waals surface area (Å²) in [5.41, 5.74) is 1.23. The van der Waals surface area contributed by atoms with Crippen LogP contribution >= 0.6 is 0 Å². The second-order valence-corrected chi connectivity index (χ2v) is 8.00. The normalized spacial score (nSPS) is 20.0. The van der Waals surface area contributed by atoms with Crippen LogP contribution in [0.2, 0.25) is 0 Å². The van der Waals surface area contributed by atoms with Crippen molar-refractivity contribution >= 4 is 11.6 Å². The van der Waals surface area contributed by atoms with Crippen LogP contribution in [0.25, 0.3) is 0 Å². The Hall–Kier alpha value is -1.55. The third-order valence-electron chi connectivity index (χ3n) is 6.16. The summed E-state index contributed by atoms with van der Waals surface area (Å²) in [4.78, 5) is 17.3. The van der Waals surface area contributed by atoms with Gasteiger partial charge in [0.05, 0.1) is 0 Å². The zero-order chi connectivity index (χ0) is 18.2. The first kappa shape index (κ1) is 19.2. The number of piperidine rings is 1. The fraction of sp³-hybridized carbons (Fsp3) is 0.682. The van der Waals surface area contributed by atoms with E-state index in [9.17, 15) is 4.79 Å². The summed E-state index contributed by atoms with van der Waals surface area (Å²) >= 11 is 0. The van der Waals surface area contributed by atoms with Gasteiger partial charge in [0.1, 0.15) is 0 Å². The van der Waals surface area contributed by atoms with Gasteiger partial charge in [-0.25, -0.2) is 0 Å². The molecule has 26 heavy (non-hydrogen) atoms. The third kappa shape index (κ3) is 5.47. The topological polar surface area (TPSA) is 35.6 Å². The van der Waals surface area contributed by atoms with Crippen molar-refractivity contribution in [1.29, 1.82) is 0 Å². The van der Waals surface area contributed by atoms with Gasteiger partial charge in [-0.05, 0) is 57.3 Å². The van der Waals surface area contributed by atoms with E-state index in [1.165, 1.54) is 37.8 Å². The van der Waals surface area contributed by atoms with Gasteiger partial charge in [0.25, 0.3) is 0 Å². The van der Waals surface area contributed by atoms with E-state index in [0.29, 0.717) is 0 Å². The second kappa shape index (κ2) is 9.96. The maximum absolute atomic E-state index is 12.5. The lowest BCUT2D eigenvalue weighted by atomic mass is 9.90. The number of hydrogen-bond donors (Lipinski definition) is 1. The number of rotatable bonds is 7. The van der Waals surface area contributed by atoms with Crippen LogP contribution in [-0.2, 0) is 4.79 Å².